The zero-order chi connectivity index (χ0) is 14.4. The van der Waals surface area contributed by atoms with Crippen molar-refractivity contribution in [3.63, 3.8) is 0 Å². The van der Waals surface area contributed by atoms with E-state index in [-0.39, 0.29) is 12.4 Å². The molecule has 1 saturated carbocycles. The molecule has 106 valence electrons. The summed E-state index contributed by atoms with van der Waals surface area (Å²) in [6, 6.07) is -0.832. The summed E-state index contributed by atoms with van der Waals surface area (Å²) in [7, 11) is 0. The number of hydrogen-bond donors (Lipinski definition) is 3. The van der Waals surface area contributed by atoms with Gasteiger partial charge in [-0.15, -0.1) is 0 Å². The summed E-state index contributed by atoms with van der Waals surface area (Å²) < 4.78 is 15.8. The molecule has 4 N–H and O–H groups in total. The van der Waals surface area contributed by atoms with E-state index in [1.807, 2.05) is 0 Å². The van der Waals surface area contributed by atoms with Gasteiger partial charge in [0.05, 0.1) is 25.1 Å². The molecule has 0 bridgehead atoms. The molecule has 3 rings (SSSR count). The lowest BCUT2D eigenvalue weighted by Gasteiger charge is -2.17. The summed E-state index contributed by atoms with van der Waals surface area (Å²) in [5, 5.41) is 19.1. The summed E-state index contributed by atoms with van der Waals surface area (Å²) in [5.41, 5.74) is 6.83. The Morgan fingerprint density at radius 1 is 1.40 bits per heavy atom. The van der Waals surface area contributed by atoms with Crippen LogP contribution in [0.4, 0.5) is 10.2 Å². The maximum atomic E-state index is 14.3. The fraction of sp³-hybridized carbons (Fsp3) is 0.417. The normalized spacial score (nSPS) is 30.2. The van der Waals surface area contributed by atoms with E-state index in [4.69, 9.17) is 5.73 Å². The van der Waals surface area contributed by atoms with Gasteiger partial charge in [0, 0.05) is 5.92 Å². The van der Waals surface area contributed by atoms with Crippen molar-refractivity contribution in [1.82, 2.24) is 19.5 Å². The van der Waals surface area contributed by atoms with Crippen molar-refractivity contribution in [1.29, 1.82) is 0 Å². The predicted octanol–water partition coefficient (Wildman–Crippen LogP) is -0.173. The van der Waals surface area contributed by atoms with Crippen LogP contribution in [0.3, 0.4) is 0 Å². The monoisotopic (exact) mass is 279 g/mol. The van der Waals surface area contributed by atoms with E-state index in [0.717, 1.165) is 0 Å². The molecule has 2 aromatic rings. The van der Waals surface area contributed by atoms with Gasteiger partial charge in [-0.25, -0.2) is 19.3 Å². The lowest BCUT2D eigenvalue weighted by Crippen LogP contribution is -2.26. The molecule has 7 nitrogen and oxygen atoms in total. The average molecular weight is 279 g/mol. The number of fused-ring (bicyclic) bond motifs is 1. The number of nitrogens with zero attached hydrogens (tertiary/aromatic N) is 4. The van der Waals surface area contributed by atoms with E-state index >= 15 is 0 Å². The Morgan fingerprint density at radius 3 is 2.80 bits per heavy atom. The minimum atomic E-state index is -1.59. The molecule has 0 radical (unpaired) electrons. The summed E-state index contributed by atoms with van der Waals surface area (Å²) >= 11 is 0. The number of aromatic nitrogens is 4. The van der Waals surface area contributed by atoms with Gasteiger partial charge in [-0.05, 0) is 5.57 Å². The van der Waals surface area contributed by atoms with Crippen LogP contribution in [-0.2, 0) is 0 Å². The molecule has 20 heavy (non-hydrogen) atoms. The van der Waals surface area contributed by atoms with E-state index in [0.29, 0.717) is 16.7 Å². The van der Waals surface area contributed by atoms with Crippen LogP contribution in [0.15, 0.2) is 24.8 Å². The quantitative estimate of drug-likeness (QED) is 0.658. The number of rotatable bonds is 2. The van der Waals surface area contributed by atoms with Crippen molar-refractivity contribution in [2.24, 2.45) is 5.92 Å². The zero-order valence-electron chi connectivity index (χ0n) is 10.5. The largest absolute Gasteiger partial charge is 0.396 e. The molecular formula is C12H14FN5O2. The molecule has 0 aliphatic heterocycles. The molecular weight excluding hydrogens is 265 g/mol. The van der Waals surface area contributed by atoms with E-state index in [9.17, 15) is 14.6 Å². The smallest absolute Gasteiger partial charge is 0.166 e. The molecule has 0 aromatic carbocycles. The van der Waals surface area contributed by atoms with Gasteiger partial charge >= 0.3 is 0 Å². The molecule has 0 saturated heterocycles. The lowest BCUT2D eigenvalue weighted by molar-refractivity contribution is 0.0426. The number of anilines is 1. The molecule has 2 aromatic heterocycles. The Morgan fingerprint density at radius 2 is 2.15 bits per heavy atom. The van der Waals surface area contributed by atoms with Crippen LogP contribution in [0.5, 0.6) is 0 Å². The Labute approximate surface area is 113 Å². The van der Waals surface area contributed by atoms with Gasteiger partial charge in [-0.2, -0.15) is 0 Å². The minimum Gasteiger partial charge on any atom is -0.396 e. The fourth-order valence-corrected chi connectivity index (χ4v) is 2.68. The maximum absolute atomic E-state index is 14.3. The van der Waals surface area contributed by atoms with Crippen molar-refractivity contribution in [2.45, 2.75) is 18.3 Å². The van der Waals surface area contributed by atoms with Crippen molar-refractivity contribution >= 4 is 17.0 Å². The van der Waals surface area contributed by atoms with Crippen LogP contribution in [0.1, 0.15) is 6.04 Å². The molecule has 0 unspecified atom stereocenters. The molecule has 1 fully saturated rings. The highest BCUT2D eigenvalue weighted by Gasteiger charge is 2.47. The van der Waals surface area contributed by atoms with Crippen LogP contribution in [0, 0.1) is 5.92 Å². The number of imidazole rings is 1. The Bertz CT molecular complexity index is 673. The first-order chi connectivity index (χ1) is 9.56. The molecule has 1 aliphatic rings. The van der Waals surface area contributed by atoms with Gasteiger partial charge in [0.25, 0.3) is 0 Å². The highest BCUT2D eigenvalue weighted by atomic mass is 19.1. The van der Waals surface area contributed by atoms with E-state index < -0.39 is 24.2 Å². The van der Waals surface area contributed by atoms with E-state index in [2.05, 4.69) is 21.5 Å². The number of aliphatic hydroxyl groups excluding tert-OH is 2. The van der Waals surface area contributed by atoms with Crippen molar-refractivity contribution < 1.29 is 14.6 Å². The van der Waals surface area contributed by atoms with Gasteiger partial charge in [0.15, 0.2) is 17.6 Å². The zero-order valence-corrected chi connectivity index (χ0v) is 10.5. The Balaban J connectivity index is 2.12. The highest BCUT2D eigenvalue weighted by molar-refractivity contribution is 5.81. The standard InChI is InChI=1S/C12H14FN5O2/c1-5-6(2-19)10(20)7(13)9(5)18-4-17-8-11(14)15-3-16-12(8)18/h3-4,6-7,9-10,19-20H,1-2H2,(H2,14,15,16)/t6-,7-,9+,10+/m0/s1. The number of aliphatic hydroxyl groups is 2. The molecule has 0 amide bonds. The summed E-state index contributed by atoms with van der Waals surface area (Å²) in [4.78, 5) is 11.9. The van der Waals surface area contributed by atoms with Crippen molar-refractivity contribution in [2.75, 3.05) is 12.3 Å². The number of hydrogen-bond acceptors (Lipinski definition) is 6. The van der Waals surface area contributed by atoms with Crippen LogP contribution >= 0.6 is 0 Å². The first-order valence-corrected chi connectivity index (χ1v) is 6.11. The third-order valence-corrected chi connectivity index (χ3v) is 3.78. The van der Waals surface area contributed by atoms with Gasteiger partial charge in [0.2, 0.25) is 0 Å². The van der Waals surface area contributed by atoms with Crippen molar-refractivity contribution in [3.8, 4) is 0 Å². The maximum Gasteiger partial charge on any atom is 0.166 e. The SMILES string of the molecule is C=C1[C@@H](n2cnc3c(N)ncnc32)[C@H](F)[C@H](O)[C@H]1CO. The third-order valence-electron chi connectivity index (χ3n) is 3.78. The minimum absolute atomic E-state index is 0.201. The van der Waals surface area contributed by atoms with Crippen LogP contribution in [0.2, 0.25) is 0 Å². The topological polar surface area (TPSA) is 110 Å². The summed E-state index contributed by atoms with van der Waals surface area (Å²) in [6.07, 6.45) is -0.229. The second-order valence-corrected chi connectivity index (χ2v) is 4.83. The Hall–Kier alpha value is -2.06. The second-order valence-electron chi connectivity index (χ2n) is 4.83. The Kier molecular flexibility index (Phi) is 2.91. The van der Waals surface area contributed by atoms with Crippen LogP contribution in [-0.4, -0.2) is 48.6 Å². The molecule has 8 heteroatoms. The molecule has 2 heterocycles. The van der Waals surface area contributed by atoms with E-state index in [1.54, 1.807) is 0 Å². The van der Waals surface area contributed by atoms with Gasteiger partial charge in [-0.1, -0.05) is 6.58 Å². The third kappa shape index (κ3) is 1.61. The number of nitrogens with two attached hydrogens (primary N) is 1. The second kappa shape index (κ2) is 4.50. The first kappa shape index (κ1) is 12.9. The van der Waals surface area contributed by atoms with Gasteiger partial charge in [-0.3, -0.25) is 0 Å². The average Bonchev–Trinajstić information content (AvgIpc) is 2.92. The highest BCUT2D eigenvalue weighted by Crippen LogP contribution is 2.42. The number of alkyl halides is 1. The van der Waals surface area contributed by atoms with Gasteiger partial charge < -0.3 is 20.5 Å². The van der Waals surface area contributed by atoms with Crippen LogP contribution in [0.25, 0.3) is 11.2 Å². The first-order valence-electron chi connectivity index (χ1n) is 6.11. The number of nitrogen functional groups attached to an aromatic ring is 1. The van der Waals surface area contributed by atoms with Gasteiger partial charge in [0.1, 0.15) is 11.8 Å². The van der Waals surface area contributed by atoms with Crippen molar-refractivity contribution in [3.05, 3.63) is 24.8 Å². The predicted molar refractivity (Wildman–Crippen MR) is 69.4 cm³/mol. The fourth-order valence-electron chi connectivity index (χ4n) is 2.68. The van der Waals surface area contributed by atoms with E-state index in [1.165, 1.54) is 17.2 Å². The lowest BCUT2D eigenvalue weighted by atomic mass is 10.0. The summed E-state index contributed by atoms with van der Waals surface area (Å²) in [6.45, 7) is 3.43. The van der Waals surface area contributed by atoms with Crippen LogP contribution < -0.4 is 5.73 Å². The number of halogens is 1. The molecule has 4 atom stereocenters. The molecule has 1 aliphatic carbocycles. The summed E-state index contributed by atoms with van der Waals surface area (Å²) in [5.74, 6) is -0.501. The molecule has 0 spiro atoms.